The molecule has 0 fully saturated rings. The van der Waals surface area contributed by atoms with Crippen molar-refractivity contribution in [1.29, 1.82) is 0 Å². The summed E-state index contributed by atoms with van der Waals surface area (Å²) in [6.45, 7) is 9.23. The van der Waals surface area contributed by atoms with Crippen LogP contribution in [-0.2, 0) is 0 Å². The number of benzene rings is 1. The first-order valence-corrected chi connectivity index (χ1v) is 8.24. The van der Waals surface area contributed by atoms with Gasteiger partial charge in [-0.3, -0.25) is 4.79 Å². The van der Waals surface area contributed by atoms with E-state index in [-0.39, 0.29) is 11.4 Å². The van der Waals surface area contributed by atoms with Gasteiger partial charge in [0.05, 0.1) is 19.3 Å². The van der Waals surface area contributed by atoms with Crippen molar-refractivity contribution < 1.29 is 14.3 Å². The SMILES string of the molecule is CCC(CC)(CN)NC(=O)c1ccc(OCC(C)C)c(OC)c1. The maximum absolute atomic E-state index is 12.5. The molecule has 0 unspecified atom stereocenters. The third kappa shape index (κ3) is 5.13. The summed E-state index contributed by atoms with van der Waals surface area (Å²) in [6.07, 6.45) is 1.58. The van der Waals surface area contributed by atoms with Crippen LogP contribution in [0.3, 0.4) is 0 Å². The molecule has 0 atom stereocenters. The number of hydrogen-bond donors (Lipinski definition) is 2. The zero-order valence-electron chi connectivity index (χ0n) is 14.9. The fourth-order valence-corrected chi connectivity index (χ4v) is 2.26. The molecule has 1 aromatic carbocycles. The second-order valence-corrected chi connectivity index (χ2v) is 6.22. The van der Waals surface area contributed by atoms with Crippen LogP contribution in [0.1, 0.15) is 50.9 Å². The number of nitrogens with one attached hydrogen (secondary N) is 1. The second-order valence-electron chi connectivity index (χ2n) is 6.22. The number of carbonyl (C=O) groups excluding carboxylic acids is 1. The Kier molecular flexibility index (Phi) is 7.36. The maximum atomic E-state index is 12.5. The van der Waals surface area contributed by atoms with E-state index in [1.54, 1.807) is 25.3 Å². The quantitative estimate of drug-likeness (QED) is 0.733. The van der Waals surface area contributed by atoms with Gasteiger partial charge in [-0.25, -0.2) is 0 Å². The van der Waals surface area contributed by atoms with E-state index in [4.69, 9.17) is 15.2 Å². The molecule has 0 saturated heterocycles. The highest BCUT2D eigenvalue weighted by Gasteiger charge is 2.27. The molecule has 5 nitrogen and oxygen atoms in total. The van der Waals surface area contributed by atoms with Crippen molar-refractivity contribution >= 4 is 5.91 Å². The normalized spacial score (nSPS) is 11.4. The number of rotatable bonds is 9. The molecule has 0 aliphatic rings. The van der Waals surface area contributed by atoms with Crippen LogP contribution >= 0.6 is 0 Å². The highest BCUT2D eigenvalue weighted by Crippen LogP contribution is 2.29. The first kappa shape index (κ1) is 19.3. The molecule has 0 heterocycles. The number of ether oxygens (including phenoxy) is 2. The lowest BCUT2D eigenvalue weighted by Crippen LogP contribution is -2.52. The molecule has 5 heteroatoms. The van der Waals surface area contributed by atoms with E-state index in [2.05, 4.69) is 19.2 Å². The largest absolute Gasteiger partial charge is 0.493 e. The van der Waals surface area contributed by atoms with Gasteiger partial charge < -0.3 is 20.5 Å². The minimum Gasteiger partial charge on any atom is -0.493 e. The second kappa shape index (κ2) is 8.77. The maximum Gasteiger partial charge on any atom is 0.251 e. The van der Waals surface area contributed by atoms with E-state index < -0.39 is 0 Å². The molecule has 3 N–H and O–H groups in total. The highest BCUT2D eigenvalue weighted by molar-refractivity contribution is 5.95. The van der Waals surface area contributed by atoms with Crippen molar-refractivity contribution in [3.8, 4) is 11.5 Å². The van der Waals surface area contributed by atoms with Crippen LogP contribution in [0, 0.1) is 5.92 Å². The van der Waals surface area contributed by atoms with Gasteiger partial charge in [0, 0.05) is 12.1 Å². The summed E-state index contributed by atoms with van der Waals surface area (Å²) in [5.74, 6) is 1.48. The Morgan fingerprint density at radius 1 is 1.26 bits per heavy atom. The van der Waals surface area contributed by atoms with Gasteiger partial charge in [-0.05, 0) is 37.0 Å². The Morgan fingerprint density at radius 2 is 1.91 bits per heavy atom. The molecule has 1 rings (SSSR count). The van der Waals surface area contributed by atoms with Crippen molar-refractivity contribution in [1.82, 2.24) is 5.32 Å². The molecule has 1 amide bonds. The van der Waals surface area contributed by atoms with E-state index in [0.29, 0.717) is 36.1 Å². The summed E-state index contributed by atoms with van der Waals surface area (Å²) in [7, 11) is 1.57. The Morgan fingerprint density at radius 3 is 2.39 bits per heavy atom. The molecule has 0 aromatic heterocycles. The molecule has 23 heavy (non-hydrogen) atoms. The fraction of sp³-hybridized carbons (Fsp3) is 0.611. The van der Waals surface area contributed by atoms with Crippen molar-refractivity contribution in [3.63, 3.8) is 0 Å². The molecule has 1 aromatic rings. The van der Waals surface area contributed by atoms with Gasteiger partial charge in [-0.1, -0.05) is 27.7 Å². The molecule has 130 valence electrons. The standard InChI is InChI=1S/C18H30N2O3/c1-6-18(7-2,12-19)20-17(21)14-8-9-15(16(10-14)22-5)23-11-13(3)4/h8-10,13H,6-7,11-12,19H2,1-5H3,(H,20,21). The van der Waals surface area contributed by atoms with Gasteiger partial charge in [-0.2, -0.15) is 0 Å². The van der Waals surface area contributed by atoms with Crippen LogP contribution in [0.2, 0.25) is 0 Å². The topological polar surface area (TPSA) is 73.6 Å². The molecule has 0 spiro atoms. The van der Waals surface area contributed by atoms with Crippen molar-refractivity contribution in [3.05, 3.63) is 23.8 Å². The summed E-state index contributed by atoms with van der Waals surface area (Å²) in [6, 6.07) is 5.23. The first-order chi connectivity index (χ1) is 10.9. The molecule has 0 aliphatic carbocycles. The van der Waals surface area contributed by atoms with Gasteiger partial charge in [0.25, 0.3) is 5.91 Å². The van der Waals surface area contributed by atoms with Crippen LogP contribution in [0.15, 0.2) is 18.2 Å². The Labute approximate surface area is 139 Å². The predicted octanol–water partition coefficient (Wildman–Crippen LogP) is 2.98. The molecule has 0 saturated carbocycles. The summed E-state index contributed by atoms with van der Waals surface area (Å²) in [5.41, 5.74) is 6.02. The van der Waals surface area contributed by atoms with E-state index in [9.17, 15) is 4.79 Å². The van der Waals surface area contributed by atoms with Crippen LogP contribution in [-0.4, -0.2) is 31.7 Å². The summed E-state index contributed by atoms with van der Waals surface area (Å²) < 4.78 is 11.1. The number of amides is 1. The Balaban J connectivity index is 2.94. The van der Waals surface area contributed by atoms with E-state index in [0.717, 1.165) is 12.8 Å². The first-order valence-electron chi connectivity index (χ1n) is 8.24. The lowest BCUT2D eigenvalue weighted by atomic mass is 9.92. The van der Waals surface area contributed by atoms with Crippen molar-refractivity contribution in [2.24, 2.45) is 11.7 Å². The molecule has 0 radical (unpaired) electrons. The van der Waals surface area contributed by atoms with E-state index in [1.807, 2.05) is 13.8 Å². The van der Waals surface area contributed by atoms with Gasteiger partial charge in [0.2, 0.25) is 0 Å². The van der Waals surface area contributed by atoms with Crippen LogP contribution in [0.5, 0.6) is 11.5 Å². The summed E-state index contributed by atoms with van der Waals surface area (Å²) >= 11 is 0. The number of nitrogens with two attached hydrogens (primary N) is 1. The molecular formula is C18H30N2O3. The smallest absolute Gasteiger partial charge is 0.251 e. The predicted molar refractivity (Wildman–Crippen MR) is 93.2 cm³/mol. The van der Waals surface area contributed by atoms with Gasteiger partial charge in [-0.15, -0.1) is 0 Å². The lowest BCUT2D eigenvalue weighted by Gasteiger charge is -2.31. The van der Waals surface area contributed by atoms with Crippen LogP contribution in [0.4, 0.5) is 0 Å². The average Bonchev–Trinajstić information content (AvgIpc) is 2.57. The zero-order chi connectivity index (χ0) is 17.5. The summed E-state index contributed by atoms with van der Waals surface area (Å²) in [4.78, 5) is 12.5. The number of methoxy groups -OCH3 is 1. The van der Waals surface area contributed by atoms with E-state index in [1.165, 1.54) is 0 Å². The molecule has 0 bridgehead atoms. The summed E-state index contributed by atoms with van der Waals surface area (Å²) in [5, 5.41) is 3.06. The molecule has 0 aliphatic heterocycles. The van der Waals surface area contributed by atoms with Gasteiger partial charge >= 0.3 is 0 Å². The van der Waals surface area contributed by atoms with Crippen molar-refractivity contribution in [2.45, 2.75) is 46.1 Å². The molecular weight excluding hydrogens is 292 g/mol. The number of carbonyl (C=O) groups is 1. The minimum absolute atomic E-state index is 0.146. The third-order valence-corrected chi connectivity index (χ3v) is 4.12. The fourth-order valence-electron chi connectivity index (χ4n) is 2.26. The zero-order valence-corrected chi connectivity index (χ0v) is 14.9. The van der Waals surface area contributed by atoms with Crippen LogP contribution < -0.4 is 20.5 Å². The third-order valence-electron chi connectivity index (χ3n) is 4.12. The monoisotopic (exact) mass is 322 g/mol. The number of hydrogen-bond acceptors (Lipinski definition) is 4. The Hall–Kier alpha value is -1.75. The lowest BCUT2D eigenvalue weighted by molar-refractivity contribution is 0.0895. The van der Waals surface area contributed by atoms with Crippen molar-refractivity contribution in [2.75, 3.05) is 20.3 Å². The van der Waals surface area contributed by atoms with E-state index >= 15 is 0 Å². The average molecular weight is 322 g/mol. The van der Waals surface area contributed by atoms with Gasteiger partial charge in [0.15, 0.2) is 11.5 Å². The minimum atomic E-state index is -0.364. The highest BCUT2D eigenvalue weighted by atomic mass is 16.5. The van der Waals surface area contributed by atoms with Gasteiger partial charge in [0.1, 0.15) is 0 Å². The van der Waals surface area contributed by atoms with Crippen LogP contribution in [0.25, 0.3) is 0 Å². The Bertz CT molecular complexity index is 503.